The first-order valence-corrected chi connectivity index (χ1v) is 13.2. The van der Waals surface area contributed by atoms with Crippen molar-refractivity contribution in [3.8, 4) is 0 Å². The Kier molecular flexibility index (Phi) is 6.75. The molecule has 0 saturated heterocycles. The molecule has 2 nitrogen and oxygen atoms in total. The molecule has 2 heteroatoms. The van der Waals surface area contributed by atoms with Crippen molar-refractivity contribution in [2.45, 2.75) is 17.6 Å². The van der Waals surface area contributed by atoms with E-state index in [1.165, 1.54) is 0 Å². The minimum Gasteiger partial charge on any atom is -0.218 e. The van der Waals surface area contributed by atoms with Crippen molar-refractivity contribution in [3.05, 3.63) is 192 Å². The fraction of sp³-hybridized carbons (Fsp3) is 0.111. The molecule has 4 aromatic rings. The summed E-state index contributed by atoms with van der Waals surface area (Å²) < 4.78 is 0. The van der Waals surface area contributed by atoms with Crippen LogP contribution in [0.2, 0.25) is 0 Å². The first kappa shape index (κ1) is 24.1. The zero-order valence-corrected chi connectivity index (χ0v) is 21.2. The molecule has 38 heavy (non-hydrogen) atoms. The van der Waals surface area contributed by atoms with Crippen LogP contribution >= 0.6 is 0 Å². The Morgan fingerprint density at radius 1 is 0.526 bits per heavy atom. The van der Waals surface area contributed by atoms with Crippen LogP contribution in [0.3, 0.4) is 0 Å². The molecule has 0 aromatic heterocycles. The third-order valence-electron chi connectivity index (χ3n) is 7.46. The summed E-state index contributed by atoms with van der Waals surface area (Å²) in [6.07, 6.45) is 15.9. The van der Waals surface area contributed by atoms with E-state index in [0.29, 0.717) is 0 Å². The molecular weight excluding hydrogens is 464 g/mol. The highest BCUT2D eigenvalue weighted by molar-refractivity contribution is 5.51. The Morgan fingerprint density at radius 3 is 1.39 bits per heavy atom. The third-order valence-corrected chi connectivity index (χ3v) is 7.46. The Bertz CT molecular complexity index is 1370. The van der Waals surface area contributed by atoms with Crippen LogP contribution in [0.25, 0.3) is 0 Å². The topological polar surface area (TPSA) is 18.5 Å². The highest BCUT2D eigenvalue weighted by atomic mass is 17.2. The predicted molar refractivity (Wildman–Crippen MR) is 153 cm³/mol. The SMILES string of the molecule is C1=CC(C(OOC(C2=CCC=C2)(c2ccccc2)c2ccccc2)(c2ccccc2)c2ccccc2)C=C1. The summed E-state index contributed by atoms with van der Waals surface area (Å²) in [7, 11) is 0. The van der Waals surface area contributed by atoms with E-state index in [2.05, 4.69) is 140 Å². The van der Waals surface area contributed by atoms with Gasteiger partial charge in [-0.15, -0.1) is 0 Å². The van der Waals surface area contributed by atoms with Crippen molar-refractivity contribution in [3.63, 3.8) is 0 Å². The van der Waals surface area contributed by atoms with Crippen LogP contribution in [0.5, 0.6) is 0 Å². The molecule has 0 bridgehead atoms. The number of hydrogen-bond acceptors (Lipinski definition) is 2. The van der Waals surface area contributed by atoms with Crippen molar-refractivity contribution in [2.24, 2.45) is 5.92 Å². The summed E-state index contributed by atoms with van der Waals surface area (Å²) in [5.74, 6) is -0.0651. The Labute approximate surface area is 224 Å². The van der Waals surface area contributed by atoms with Gasteiger partial charge in [-0.1, -0.05) is 164 Å². The van der Waals surface area contributed by atoms with Gasteiger partial charge < -0.3 is 0 Å². The van der Waals surface area contributed by atoms with Gasteiger partial charge >= 0.3 is 0 Å². The summed E-state index contributed by atoms with van der Waals surface area (Å²) in [6.45, 7) is 0. The fourth-order valence-corrected chi connectivity index (χ4v) is 5.62. The number of benzene rings is 4. The second-order valence-corrected chi connectivity index (χ2v) is 9.64. The second-order valence-electron chi connectivity index (χ2n) is 9.64. The lowest BCUT2D eigenvalue weighted by atomic mass is 9.76. The maximum Gasteiger partial charge on any atom is 0.178 e. The summed E-state index contributed by atoms with van der Waals surface area (Å²) in [4.78, 5) is 14.0. The molecule has 0 atom stereocenters. The number of rotatable bonds is 9. The average molecular weight is 495 g/mol. The highest BCUT2D eigenvalue weighted by Gasteiger charge is 2.48. The van der Waals surface area contributed by atoms with E-state index in [1.807, 2.05) is 24.3 Å². The molecule has 186 valence electrons. The Morgan fingerprint density at radius 2 is 0.974 bits per heavy atom. The average Bonchev–Trinajstić information content (AvgIpc) is 3.74. The lowest BCUT2D eigenvalue weighted by molar-refractivity contribution is -0.402. The monoisotopic (exact) mass is 494 g/mol. The van der Waals surface area contributed by atoms with E-state index in [9.17, 15) is 0 Å². The van der Waals surface area contributed by atoms with Crippen molar-refractivity contribution >= 4 is 0 Å². The molecule has 2 aliphatic rings. The molecule has 0 saturated carbocycles. The maximum atomic E-state index is 7.00. The molecule has 0 amide bonds. The molecule has 0 N–H and O–H groups in total. The molecule has 4 aromatic carbocycles. The summed E-state index contributed by atoms with van der Waals surface area (Å²) >= 11 is 0. The van der Waals surface area contributed by atoms with E-state index >= 15 is 0 Å². The highest BCUT2D eigenvalue weighted by Crippen LogP contribution is 2.49. The lowest BCUT2D eigenvalue weighted by Crippen LogP contribution is -2.42. The van der Waals surface area contributed by atoms with Gasteiger partial charge in [-0.2, -0.15) is 0 Å². The first-order chi connectivity index (χ1) is 18.8. The summed E-state index contributed by atoms with van der Waals surface area (Å²) in [5.41, 5.74) is 3.26. The predicted octanol–water partition coefficient (Wildman–Crippen LogP) is 8.45. The maximum absolute atomic E-state index is 7.00. The van der Waals surface area contributed by atoms with Gasteiger partial charge in [-0.3, -0.25) is 0 Å². The molecule has 0 spiro atoms. The molecule has 0 radical (unpaired) electrons. The van der Waals surface area contributed by atoms with E-state index < -0.39 is 11.2 Å². The zero-order chi connectivity index (χ0) is 25.7. The van der Waals surface area contributed by atoms with E-state index in [0.717, 1.165) is 34.2 Å². The van der Waals surface area contributed by atoms with Crippen molar-refractivity contribution in [1.29, 1.82) is 0 Å². The fourth-order valence-electron chi connectivity index (χ4n) is 5.62. The number of allylic oxidation sites excluding steroid dienone is 4. The molecular formula is C36H30O2. The normalized spacial score (nSPS) is 15.2. The molecule has 6 rings (SSSR count). The van der Waals surface area contributed by atoms with Gasteiger partial charge in [0, 0.05) is 5.92 Å². The van der Waals surface area contributed by atoms with Crippen LogP contribution in [0.4, 0.5) is 0 Å². The Hall–Kier alpha value is -4.24. The molecule has 0 heterocycles. The van der Waals surface area contributed by atoms with Gasteiger partial charge in [0.15, 0.2) is 11.2 Å². The second kappa shape index (κ2) is 10.6. The van der Waals surface area contributed by atoms with Crippen LogP contribution < -0.4 is 0 Å². The standard InChI is InChI=1S/C36H30O2/c1-5-17-29(18-6-1)35(33-25-13-14-26-33,30-19-7-2-8-20-30)37-38-36(34-27-15-16-28-34,31-21-9-3-10-22-31)32-23-11-4-12-24-32/h1-15,17-28,33H,16H2. The van der Waals surface area contributed by atoms with E-state index in [1.54, 1.807) is 0 Å². The van der Waals surface area contributed by atoms with Gasteiger partial charge in [0.1, 0.15) is 0 Å². The van der Waals surface area contributed by atoms with Crippen molar-refractivity contribution in [1.82, 2.24) is 0 Å². The van der Waals surface area contributed by atoms with Crippen LogP contribution in [-0.2, 0) is 21.0 Å². The lowest BCUT2D eigenvalue weighted by Gasteiger charge is -2.42. The van der Waals surface area contributed by atoms with Crippen LogP contribution in [0, 0.1) is 5.92 Å². The zero-order valence-electron chi connectivity index (χ0n) is 21.2. The van der Waals surface area contributed by atoms with Crippen LogP contribution in [-0.4, -0.2) is 0 Å². The quantitative estimate of drug-likeness (QED) is 0.172. The smallest absolute Gasteiger partial charge is 0.178 e. The van der Waals surface area contributed by atoms with Gasteiger partial charge in [-0.25, -0.2) is 9.78 Å². The van der Waals surface area contributed by atoms with Crippen LogP contribution in [0.15, 0.2) is 169 Å². The Balaban J connectivity index is 1.57. The van der Waals surface area contributed by atoms with E-state index in [-0.39, 0.29) is 5.92 Å². The molecule has 0 fully saturated rings. The van der Waals surface area contributed by atoms with E-state index in [4.69, 9.17) is 9.78 Å². The van der Waals surface area contributed by atoms with Gasteiger partial charge in [0.25, 0.3) is 0 Å². The minimum atomic E-state index is -0.962. The third kappa shape index (κ3) is 4.18. The number of hydrogen-bond donors (Lipinski definition) is 0. The largest absolute Gasteiger partial charge is 0.218 e. The van der Waals surface area contributed by atoms with Gasteiger partial charge in [0.2, 0.25) is 0 Å². The summed E-state index contributed by atoms with van der Waals surface area (Å²) in [6, 6.07) is 41.5. The van der Waals surface area contributed by atoms with Crippen molar-refractivity contribution < 1.29 is 9.78 Å². The minimum absolute atomic E-state index is 0.0651. The van der Waals surface area contributed by atoms with Gasteiger partial charge in [-0.05, 0) is 34.2 Å². The summed E-state index contributed by atoms with van der Waals surface area (Å²) in [5, 5.41) is 0. The molecule has 0 unspecified atom stereocenters. The molecule has 0 aliphatic heterocycles. The van der Waals surface area contributed by atoms with Crippen LogP contribution in [0.1, 0.15) is 28.7 Å². The van der Waals surface area contributed by atoms with Gasteiger partial charge in [0.05, 0.1) is 0 Å². The molecule has 2 aliphatic carbocycles. The first-order valence-electron chi connectivity index (χ1n) is 13.2. The van der Waals surface area contributed by atoms with Crippen molar-refractivity contribution in [2.75, 3.05) is 0 Å².